The maximum absolute atomic E-state index is 13.5. The lowest BCUT2D eigenvalue weighted by Crippen LogP contribution is -2.58. The molecule has 0 saturated heterocycles. The van der Waals surface area contributed by atoms with Gasteiger partial charge in [0.15, 0.2) is 0 Å². The molecular weight excluding hydrogens is 360 g/mol. The van der Waals surface area contributed by atoms with Gasteiger partial charge in [-0.1, -0.05) is 43.2 Å². The lowest BCUT2D eigenvalue weighted by atomic mass is 9.75. The number of aryl methyl sites for hydroxylation is 1. The molecule has 3 rings (SSSR count). The number of amides is 2. The van der Waals surface area contributed by atoms with E-state index < -0.39 is 30.1 Å². The van der Waals surface area contributed by atoms with Gasteiger partial charge in [-0.25, -0.2) is 9.18 Å². The third-order valence-electron chi connectivity index (χ3n) is 4.84. The first-order valence-corrected chi connectivity index (χ1v) is 8.70. The fourth-order valence-corrected chi connectivity index (χ4v) is 3.81. The number of carbonyl (C=O) groups is 1. The summed E-state index contributed by atoms with van der Waals surface area (Å²) in [6.07, 6.45) is -3.76. The Morgan fingerprint density at radius 3 is 2.37 bits per heavy atom. The van der Waals surface area contributed by atoms with Crippen molar-refractivity contribution < 1.29 is 22.4 Å². The standard InChI is InChI=1S/C20H20F4N2O/c1-3-10-19(14-5-7-15(21)8-6-14)16-11-13(2)4-9-17(16)25-18(27)26(19)12-20(22,23)24/h4-9,11H,3,10,12H2,1-2H3,(H,25,27). The Balaban J connectivity index is 2.32. The Morgan fingerprint density at radius 1 is 1.11 bits per heavy atom. The largest absolute Gasteiger partial charge is 0.406 e. The number of benzene rings is 2. The summed E-state index contributed by atoms with van der Waals surface area (Å²) >= 11 is 0. The molecule has 0 radical (unpaired) electrons. The number of hydrogen-bond donors (Lipinski definition) is 1. The van der Waals surface area contributed by atoms with E-state index in [2.05, 4.69) is 5.32 Å². The molecule has 3 nitrogen and oxygen atoms in total. The number of halogens is 4. The van der Waals surface area contributed by atoms with Gasteiger partial charge < -0.3 is 10.2 Å². The lowest BCUT2D eigenvalue weighted by Gasteiger charge is -2.49. The molecule has 2 aromatic carbocycles. The van der Waals surface area contributed by atoms with Crippen LogP contribution in [0.3, 0.4) is 0 Å². The minimum absolute atomic E-state index is 0.276. The van der Waals surface area contributed by atoms with Gasteiger partial charge >= 0.3 is 12.2 Å². The van der Waals surface area contributed by atoms with Crippen LogP contribution in [-0.4, -0.2) is 23.7 Å². The van der Waals surface area contributed by atoms with Crippen molar-refractivity contribution in [2.75, 3.05) is 11.9 Å². The molecule has 1 heterocycles. The summed E-state index contributed by atoms with van der Waals surface area (Å²) in [6.45, 7) is 2.29. The quantitative estimate of drug-likeness (QED) is 0.689. The first-order chi connectivity index (χ1) is 12.7. The molecule has 0 saturated carbocycles. The molecule has 27 heavy (non-hydrogen) atoms. The maximum Gasteiger partial charge on any atom is 0.406 e. The second-order valence-corrected chi connectivity index (χ2v) is 6.80. The van der Waals surface area contributed by atoms with Crippen LogP contribution in [0.2, 0.25) is 0 Å². The minimum Gasteiger partial charge on any atom is -0.307 e. The Bertz CT molecular complexity index is 848. The van der Waals surface area contributed by atoms with E-state index in [1.165, 1.54) is 24.3 Å². The summed E-state index contributed by atoms with van der Waals surface area (Å²) in [5.74, 6) is -0.488. The summed E-state index contributed by atoms with van der Waals surface area (Å²) in [5, 5.41) is 2.57. The molecule has 0 aromatic heterocycles. The second kappa shape index (κ2) is 6.87. The van der Waals surface area contributed by atoms with Gasteiger partial charge in [0.1, 0.15) is 12.4 Å². The molecule has 1 unspecified atom stereocenters. The zero-order chi connectivity index (χ0) is 19.8. The Hall–Kier alpha value is -2.57. The molecule has 1 aliphatic heterocycles. The first-order valence-electron chi connectivity index (χ1n) is 8.70. The van der Waals surface area contributed by atoms with E-state index in [-0.39, 0.29) is 6.42 Å². The van der Waals surface area contributed by atoms with Crippen molar-refractivity contribution in [2.45, 2.75) is 38.4 Å². The predicted molar refractivity (Wildman–Crippen MR) is 95.0 cm³/mol. The van der Waals surface area contributed by atoms with Crippen LogP contribution in [0.25, 0.3) is 0 Å². The van der Waals surface area contributed by atoms with Gasteiger partial charge in [-0.15, -0.1) is 0 Å². The average molecular weight is 380 g/mol. The van der Waals surface area contributed by atoms with Crippen molar-refractivity contribution in [1.29, 1.82) is 0 Å². The number of hydrogen-bond acceptors (Lipinski definition) is 1. The van der Waals surface area contributed by atoms with Gasteiger partial charge in [-0.05, 0) is 37.1 Å². The molecule has 0 spiro atoms. The van der Waals surface area contributed by atoms with Crippen molar-refractivity contribution in [3.63, 3.8) is 0 Å². The summed E-state index contributed by atoms with van der Waals surface area (Å²) in [7, 11) is 0. The highest BCUT2D eigenvalue weighted by Gasteiger charge is 2.50. The lowest BCUT2D eigenvalue weighted by molar-refractivity contribution is -0.149. The molecule has 1 N–H and O–H groups in total. The van der Waals surface area contributed by atoms with Crippen LogP contribution in [0.1, 0.15) is 36.5 Å². The van der Waals surface area contributed by atoms with Crippen LogP contribution in [0.5, 0.6) is 0 Å². The Labute approximate surface area is 155 Å². The van der Waals surface area contributed by atoms with Crippen LogP contribution in [-0.2, 0) is 5.54 Å². The third-order valence-corrected chi connectivity index (χ3v) is 4.84. The summed E-state index contributed by atoms with van der Waals surface area (Å²) < 4.78 is 53.5. The van der Waals surface area contributed by atoms with Crippen LogP contribution < -0.4 is 5.32 Å². The molecule has 0 bridgehead atoms. The highest BCUT2D eigenvalue weighted by atomic mass is 19.4. The van der Waals surface area contributed by atoms with E-state index in [4.69, 9.17) is 0 Å². The van der Waals surface area contributed by atoms with E-state index in [9.17, 15) is 22.4 Å². The van der Waals surface area contributed by atoms with Gasteiger partial charge in [0.05, 0.1) is 5.54 Å². The Morgan fingerprint density at radius 2 is 1.78 bits per heavy atom. The van der Waals surface area contributed by atoms with E-state index in [0.717, 1.165) is 10.5 Å². The molecule has 2 aromatic rings. The first kappa shape index (κ1) is 19.2. The monoisotopic (exact) mass is 380 g/mol. The van der Waals surface area contributed by atoms with Crippen LogP contribution >= 0.6 is 0 Å². The molecule has 0 fully saturated rings. The number of anilines is 1. The minimum atomic E-state index is -4.57. The highest BCUT2D eigenvalue weighted by Crippen LogP contribution is 2.47. The van der Waals surface area contributed by atoms with Crippen molar-refractivity contribution in [3.8, 4) is 0 Å². The maximum atomic E-state index is 13.5. The topological polar surface area (TPSA) is 32.3 Å². The van der Waals surface area contributed by atoms with Crippen molar-refractivity contribution in [3.05, 3.63) is 65.0 Å². The molecule has 0 aliphatic carbocycles. The van der Waals surface area contributed by atoms with Gasteiger partial charge in [0, 0.05) is 11.3 Å². The molecule has 2 amide bonds. The van der Waals surface area contributed by atoms with E-state index in [1.807, 2.05) is 13.8 Å². The molecule has 7 heteroatoms. The van der Waals surface area contributed by atoms with Crippen molar-refractivity contribution >= 4 is 11.7 Å². The summed E-state index contributed by atoms with van der Waals surface area (Å²) in [4.78, 5) is 13.5. The fraction of sp³-hybridized carbons (Fsp3) is 0.350. The zero-order valence-corrected chi connectivity index (χ0v) is 15.0. The van der Waals surface area contributed by atoms with E-state index >= 15 is 0 Å². The number of urea groups is 1. The van der Waals surface area contributed by atoms with Crippen molar-refractivity contribution in [1.82, 2.24) is 4.90 Å². The number of rotatable bonds is 4. The van der Waals surface area contributed by atoms with E-state index in [0.29, 0.717) is 23.2 Å². The number of carbonyl (C=O) groups excluding carboxylic acids is 1. The molecular formula is C20H20F4N2O. The van der Waals surface area contributed by atoms with Gasteiger partial charge in [-0.2, -0.15) is 13.2 Å². The van der Waals surface area contributed by atoms with Gasteiger partial charge in [0.2, 0.25) is 0 Å². The average Bonchev–Trinajstić information content (AvgIpc) is 2.58. The number of fused-ring (bicyclic) bond motifs is 1. The smallest absolute Gasteiger partial charge is 0.307 e. The van der Waals surface area contributed by atoms with Crippen LogP contribution in [0.15, 0.2) is 42.5 Å². The highest BCUT2D eigenvalue weighted by molar-refractivity contribution is 5.94. The molecule has 144 valence electrons. The fourth-order valence-electron chi connectivity index (χ4n) is 3.81. The summed E-state index contributed by atoms with van der Waals surface area (Å²) in [6, 6.07) is 9.79. The normalized spacial score (nSPS) is 19.6. The number of nitrogens with one attached hydrogen (secondary N) is 1. The summed E-state index contributed by atoms with van der Waals surface area (Å²) in [5.41, 5.74) is 1.04. The SMILES string of the molecule is CCCC1(c2ccc(F)cc2)c2cc(C)ccc2NC(=O)N1CC(F)(F)F. The number of alkyl halides is 3. The molecule has 1 aliphatic rings. The number of nitrogens with zero attached hydrogens (tertiary/aromatic N) is 1. The van der Waals surface area contributed by atoms with Gasteiger partial charge in [0.25, 0.3) is 0 Å². The van der Waals surface area contributed by atoms with Crippen LogP contribution in [0, 0.1) is 12.7 Å². The Kier molecular flexibility index (Phi) is 4.88. The second-order valence-electron chi connectivity index (χ2n) is 6.80. The third kappa shape index (κ3) is 3.50. The van der Waals surface area contributed by atoms with Gasteiger partial charge in [-0.3, -0.25) is 0 Å². The van der Waals surface area contributed by atoms with Crippen molar-refractivity contribution in [2.24, 2.45) is 0 Å². The zero-order valence-electron chi connectivity index (χ0n) is 15.0. The predicted octanol–water partition coefficient (Wildman–Crippen LogP) is 5.59. The molecule has 1 atom stereocenters. The van der Waals surface area contributed by atoms with E-state index in [1.54, 1.807) is 18.2 Å². The van der Waals surface area contributed by atoms with Crippen LogP contribution in [0.4, 0.5) is 28.0 Å².